The normalized spacial score (nSPS) is 22.7. The zero-order valence-electron chi connectivity index (χ0n) is 15.7. The minimum absolute atomic E-state index is 0.0630. The molecule has 1 N–H and O–H groups in total. The molecule has 0 aliphatic carbocycles. The first-order chi connectivity index (χ1) is 12.0. The molecular weight excluding hydrogens is 308 g/mol. The van der Waals surface area contributed by atoms with Crippen LogP contribution >= 0.6 is 0 Å². The molecule has 1 atom stereocenters. The Morgan fingerprint density at radius 2 is 1.96 bits per heavy atom. The van der Waals surface area contributed by atoms with E-state index in [2.05, 4.69) is 61.4 Å². The molecule has 2 heterocycles. The lowest BCUT2D eigenvalue weighted by molar-refractivity contribution is -0.0840. The fourth-order valence-electron chi connectivity index (χ4n) is 4.05. The number of aromatic nitrogens is 1. The zero-order valence-corrected chi connectivity index (χ0v) is 15.7. The predicted octanol–water partition coefficient (Wildman–Crippen LogP) is 4.40. The molecule has 0 saturated carbocycles. The van der Waals surface area contributed by atoms with E-state index in [1.165, 1.54) is 16.7 Å². The van der Waals surface area contributed by atoms with E-state index in [0.29, 0.717) is 0 Å². The van der Waals surface area contributed by atoms with Gasteiger partial charge in [0.15, 0.2) is 0 Å². The summed E-state index contributed by atoms with van der Waals surface area (Å²) in [5, 5.41) is 3.60. The van der Waals surface area contributed by atoms with Crippen molar-refractivity contribution < 1.29 is 4.74 Å². The number of aryl methyl sites for hydroxylation is 1. The molecule has 134 valence electrons. The maximum atomic E-state index is 6.01. The molecule has 1 aliphatic rings. The van der Waals surface area contributed by atoms with Crippen molar-refractivity contribution in [3.8, 4) is 0 Å². The zero-order chi connectivity index (χ0) is 17.8. The number of hydrogen-bond acceptors (Lipinski definition) is 3. The highest BCUT2D eigenvalue weighted by atomic mass is 16.5. The highest BCUT2D eigenvalue weighted by molar-refractivity contribution is 5.30. The van der Waals surface area contributed by atoms with Crippen LogP contribution in [0.4, 0.5) is 0 Å². The lowest BCUT2D eigenvalue weighted by atomic mass is 9.67. The van der Waals surface area contributed by atoms with Crippen LogP contribution in [0.3, 0.4) is 0 Å². The molecule has 1 aliphatic heterocycles. The van der Waals surface area contributed by atoms with E-state index in [1.807, 2.05) is 18.5 Å². The standard InChI is InChI=1S/C22H30N2O/c1-18-6-8-20(9-7-18)22(11-14-25-21(2,3)17-22)10-13-24-16-19-5-4-12-23-15-19/h4-9,12,15,24H,10-11,13-14,16-17H2,1-3H3. The van der Waals surface area contributed by atoms with Crippen LogP contribution in [0.25, 0.3) is 0 Å². The summed E-state index contributed by atoms with van der Waals surface area (Å²) < 4.78 is 6.01. The van der Waals surface area contributed by atoms with Gasteiger partial charge in [0.1, 0.15) is 0 Å². The summed E-state index contributed by atoms with van der Waals surface area (Å²) in [5.74, 6) is 0. The second-order valence-electron chi connectivity index (χ2n) is 7.97. The molecule has 0 radical (unpaired) electrons. The monoisotopic (exact) mass is 338 g/mol. The number of nitrogens with zero attached hydrogens (tertiary/aromatic N) is 1. The van der Waals surface area contributed by atoms with Crippen LogP contribution in [0.15, 0.2) is 48.8 Å². The van der Waals surface area contributed by atoms with Crippen molar-refractivity contribution in [3.05, 3.63) is 65.5 Å². The van der Waals surface area contributed by atoms with Crippen LogP contribution in [-0.4, -0.2) is 23.7 Å². The molecule has 0 amide bonds. The topological polar surface area (TPSA) is 34.2 Å². The second-order valence-corrected chi connectivity index (χ2v) is 7.97. The predicted molar refractivity (Wildman–Crippen MR) is 103 cm³/mol. The van der Waals surface area contributed by atoms with Crippen molar-refractivity contribution in [2.75, 3.05) is 13.2 Å². The van der Waals surface area contributed by atoms with E-state index < -0.39 is 0 Å². The average molecular weight is 338 g/mol. The number of benzene rings is 1. The van der Waals surface area contributed by atoms with E-state index >= 15 is 0 Å². The van der Waals surface area contributed by atoms with E-state index in [0.717, 1.165) is 39.0 Å². The molecule has 2 aromatic rings. The van der Waals surface area contributed by atoms with Crippen molar-refractivity contribution in [1.29, 1.82) is 0 Å². The Morgan fingerprint density at radius 1 is 1.16 bits per heavy atom. The lowest BCUT2D eigenvalue weighted by Crippen LogP contribution is -2.45. The summed E-state index contributed by atoms with van der Waals surface area (Å²) in [6, 6.07) is 13.2. The minimum atomic E-state index is -0.0630. The molecular formula is C22H30N2O. The average Bonchev–Trinajstić information content (AvgIpc) is 2.59. The highest BCUT2D eigenvalue weighted by Crippen LogP contribution is 2.43. The Kier molecular flexibility index (Phi) is 5.55. The third-order valence-electron chi connectivity index (χ3n) is 5.33. The summed E-state index contributed by atoms with van der Waals surface area (Å²) in [7, 11) is 0. The molecule has 3 nitrogen and oxygen atoms in total. The number of rotatable bonds is 6. The van der Waals surface area contributed by atoms with E-state index in [-0.39, 0.29) is 11.0 Å². The Morgan fingerprint density at radius 3 is 2.64 bits per heavy atom. The third-order valence-corrected chi connectivity index (χ3v) is 5.33. The Labute approximate surface area is 151 Å². The van der Waals surface area contributed by atoms with Gasteiger partial charge in [0.05, 0.1) is 5.60 Å². The van der Waals surface area contributed by atoms with Gasteiger partial charge in [0.25, 0.3) is 0 Å². The number of ether oxygens (including phenoxy) is 1. The molecule has 3 rings (SSSR count). The summed E-state index contributed by atoms with van der Waals surface area (Å²) in [6.45, 7) is 9.30. The van der Waals surface area contributed by atoms with Gasteiger partial charge in [-0.1, -0.05) is 35.9 Å². The van der Waals surface area contributed by atoms with Crippen LogP contribution < -0.4 is 5.32 Å². The fourth-order valence-corrected chi connectivity index (χ4v) is 4.05. The summed E-state index contributed by atoms with van der Waals surface area (Å²) in [6.07, 6.45) is 7.04. The second kappa shape index (κ2) is 7.67. The van der Waals surface area contributed by atoms with Crippen molar-refractivity contribution >= 4 is 0 Å². The van der Waals surface area contributed by atoms with Gasteiger partial charge in [-0.05, 0) is 63.8 Å². The van der Waals surface area contributed by atoms with Gasteiger partial charge in [-0.15, -0.1) is 0 Å². The van der Waals surface area contributed by atoms with Gasteiger partial charge >= 0.3 is 0 Å². The number of nitrogens with one attached hydrogen (secondary N) is 1. The van der Waals surface area contributed by atoms with Crippen LogP contribution in [0.2, 0.25) is 0 Å². The van der Waals surface area contributed by atoms with Crippen LogP contribution in [-0.2, 0) is 16.7 Å². The lowest BCUT2D eigenvalue weighted by Gasteiger charge is -2.45. The van der Waals surface area contributed by atoms with Gasteiger partial charge in [0, 0.05) is 31.0 Å². The largest absolute Gasteiger partial charge is 0.376 e. The summed E-state index contributed by atoms with van der Waals surface area (Å²) >= 11 is 0. The first-order valence-corrected chi connectivity index (χ1v) is 9.30. The SMILES string of the molecule is Cc1ccc(C2(CCNCc3cccnc3)CCOC(C)(C)C2)cc1. The molecule has 1 unspecified atom stereocenters. The Balaban J connectivity index is 1.69. The molecule has 1 aromatic carbocycles. The van der Waals surface area contributed by atoms with Crippen LogP contribution in [0.5, 0.6) is 0 Å². The summed E-state index contributed by atoms with van der Waals surface area (Å²) in [5.41, 5.74) is 4.14. The van der Waals surface area contributed by atoms with E-state index in [1.54, 1.807) is 0 Å². The Bertz CT molecular complexity index is 666. The number of hydrogen-bond donors (Lipinski definition) is 1. The first-order valence-electron chi connectivity index (χ1n) is 9.30. The van der Waals surface area contributed by atoms with E-state index in [9.17, 15) is 0 Å². The maximum absolute atomic E-state index is 6.01. The van der Waals surface area contributed by atoms with Gasteiger partial charge in [-0.3, -0.25) is 4.98 Å². The highest BCUT2D eigenvalue weighted by Gasteiger charge is 2.41. The Hall–Kier alpha value is -1.71. The third kappa shape index (κ3) is 4.68. The quantitative estimate of drug-likeness (QED) is 0.793. The molecule has 1 aromatic heterocycles. The van der Waals surface area contributed by atoms with E-state index in [4.69, 9.17) is 4.74 Å². The fraction of sp³-hybridized carbons (Fsp3) is 0.500. The van der Waals surface area contributed by atoms with Crippen molar-refractivity contribution in [3.63, 3.8) is 0 Å². The van der Waals surface area contributed by atoms with Gasteiger partial charge in [-0.2, -0.15) is 0 Å². The molecule has 3 heteroatoms. The van der Waals surface area contributed by atoms with Crippen molar-refractivity contribution in [1.82, 2.24) is 10.3 Å². The van der Waals surface area contributed by atoms with Crippen molar-refractivity contribution in [2.45, 2.75) is 57.6 Å². The molecule has 0 bridgehead atoms. The van der Waals surface area contributed by atoms with Crippen LogP contribution in [0, 0.1) is 6.92 Å². The van der Waals surface area contributed by atoms with Crippen molar-refractivity contribution in [2.24, 2.45) is 0 Å². The van der Waals surface area contributed by atoms with Crippen LogP contribution in [0.1, 0.15) is 49.8 Å². The van der Waals surface area contributed by atoms with Gasteiger partial charge in [0.2, 0.25) is 0 Å². The minimum Gasteiger partial charge on any atom is -0.376 e. The molecule has 1 saturated heterocycles. The molecule has 1 fully saturated rings. The smallest absolute Gasteiger partial charge is 0.0635 e. The summed E-state index contributed by atoms with van der Waals surface area (Å²) in [4.78, 5) is 4.19. The first kappa shape index (κ1) is 18.1. The number of pyridine rings is 1. The molecule has 0 spiro atoms. The molecule has 25 heavy (non-hydrogen) atoms. The van der Waals surface area contributed by atoms with Gasteiger partial charge < -0.3 is 10.1 Å². The van der Waals surface area contributed by atoms with Gasteiger partial charge in [-0.25, -0.2) is 0 Å². The maximum Gasteiger partial charge on any atom is 0.0635 e.